The van der Waals surface area contributed by atoms with Crippen LogP contribution in [0.1, 0.15) is 17.3 Å². The first-order chi connectivity index (χ1) is 13.1. The Labute approximate surface area is 159 Å². The lowest BCUT2D eigenvalue weighted by Crippen LogP contribution is -2.26. The van der Waals surface area contributed by atoms with Crippen LogP contribution in [0.5, 0.6) is 5.75 Å². The van der Waals surface area contributed by atoms with Gasteiger partial charge in [0.15, 0.2) is 0 Å². The summed E-state index contributed by atoms with van der Waals surface area (Å²) in [5.41, 5.74) is 1.93. The van der Waals surface area contributed by atoms with Gasteiger partial charge >= 0.3 is 0 Å². The average molecular weight is 371 g/mol. The molecular formula is C20H25N3O4. The largest absolute Gasteiger partial charge is 0.492 e. The van der Waals surface area contributed by atoms with Gasteiger partial charge in [0, 0.05) is 24.9 Å². The number of para-hydroxylation sites is 2. The number of carbonyl (C=O) groups excluding carboxylic acids is 2. The summed E-state index contributed by atoms with van der Waals surface area (Å²) in [5, 5.41) is 8.60. The zero-order chi connectivity index (χ0) is 19.5. The standard InChI is InChI=1S/C20H25N3O4/c1-3-27-18-7-5-4-6-17(18)23-19(24)14-22-16-10-8-15(9-11-16)20(25)21-12-13-26-2/h4-11,22H,3,12-14H2,1-2H3,(H,21,25)(H,23,24). The molecule has 0 aromatic heterocycles. The minimum atomic E-state index is -0.191. The molecule has 0 aliphatic heterocycles. The predicted molar refractivity (Wildman–Crippen MR) is 105 cm³/mol. The van der Waals surface area contributed by atoms with Crippen LogP contribution in [0.4, 0.5) is 11.4 Å². The number of anilines is 2. The van der Waals surface area contributed by atoms with Gasteiger partial charge in [-0.25, -0.2) is 0 Å². The molecule has 2 aromatic rings. The molecule has 0 heterocycles. The van der Waals surface area contributed by atoms with Crippen LogP contribution >= 0.6 is 0 Å². The van der Waals surface area contributed by atoms with Crippen molar-refractivity contribution < 1.29 is 19.1 Å². The molecule has 7 heteroatoms. The highest BCUT2D eigenvalue weighted by molar-refractivity contribution is 5.96. The molecule has 144 valence electrons. The fourth-order valence-corrected chi connectivity index (χ4v) is 2.34. The molecule has 27 heavy (non-hydrogen) atoms. The summed E-state index contributed by atoms with van der Waals surface area (Å²) in [5.74, 6) is 0.282. The Hall–Kier alpha value is -3.06. The molecule has 2 amide bonds. The molecule has 2 rings (SSSR count). The number of nitrogens with one attached hydrogen (secondary N) is 3. The summed E-state index contributed by atoms with van der Waals surface area (Å²) >= 11 is 0. The number of amides is 2. The maximum atomic E-state index is 12.2. The summed E-state index contributed by atoms with van der Waals surface area (Å²) in [6.07, 6.45) is 0. The molecule has 0 saturated carbocycles. The third-order valence-corrected chi connectivity index (χ3v) is 3.65. The molecule has 0 aliphatic carbocycles. The number of hydrogen-bond donors (Lipinski definition) is 3. The van der Waals surface area contributed by atoms with E-state index in [0.29, 0.717) is 36.8 Å². The van der Waals surface area contributed by atoms with Crippen LogP contribution in [-0.2, 0) is 9.53 Å². The van der Waals surface area contributed by atoms with Gasteiger partial charge in [-0.3, -0.25) is 9.59 Å². The minimum Gasteiger partial charge on any atom is -0.492 e. The minimum absolute atomic E-state index is 0.0971. The smallest absolute Gasteiger partial charge is 0.251 e. The molecule has 0 aliphatic rings. The van der Waals surface area contributed by atoms with Gasteiger partial charge in [0.25, 0.3) is 5.91 Å². The van der Waals surface area contributed by atoms with Crippen LogP contribution in [-0.4, -0.2) is 45.2 Å². The third-order valence-electron chi connectivity index (χ3n) is 3.65. The van der Waals surface area contributed by atoms with Gasteiger partial charge in [-0.15, -0.1) is 0 Å². The van der Waals surface area contributed by atoms with Gasteiger partial charge in [0.05, 0.1) is 25.4 Å². The van der Waals surface area contributed by atoms with Crippen molar-refractivity contribution in [1.82, 2.24) is 5.32 Å². The van der Waals surface area contributed by atoms with Gasteiger partial charge in [0.2, 0.25) is 5.91 Å². The lowest BCUT2D eigenvalue weighted by atomic mass is 10.2. The number of hydrogen-bond acceptors (Lipinski definition) is 5. The molecule has 3 N–H and O–H groups in total. The number of benzene rings is 2. The fourth-order valence-electron chi connectivity index (χ4n) is 2.34. The van der Waals surface area contributed by atoms with E-state index in [2.05, 4.69) is 16.0 Å². The Morgan fingerprint density at radius 2 is 1.78 bits per heavy atom. The average Bonchev–Trinajstić information content (AvgIpc) is 2.68. The quantitative estimate of drug-likeness (QED) is 0.559. The van der Waals surface area contributed by atoms with E-state index in [0.717, 1.165) is 5.69 Å². The van der Waals surface area contributed by atoms with Crippen LogP contribution in [0, 0.1) is 0 Å². The van der Waals surface area contributed by atoms with Crippen LogP contribution in [0.25, 0.3) is 0 Å². The molecule has 0 spiro atoms. The highest BCUT2D eigenvalue weighted by Gasteiger charge is 2.08. The van der Waals surface area contributed by atoms with Gasteiger partial charge in [-0.2, -0.15) is 0 Å². The molecule has 0 saturated heterocycles. The van der Waals surface area contributed by atoms with E-state index in [1.165, 1.54) is 0 Å². The molecule has 0 radical (unpaired) electrons. The maximum Gasteiger partial charge on any atom is 0.251 e. The molecule has 0 atom stereocenters. The van der Waals surface area contributed by atoms with Gasteiger partial charge in [-0.05, 0) is 43.3 Å². The van der Waals surface area contributed by atoms with E-state index in [1.54, 1.807) is 37.4 Å². The molecular weight excluding hydrogens is 346 g/mol. The van der Waals surface area contributed by atoms with Gasteiger partial charge in [0.1, 0.15) is 5.75 Å². The highest BCUT2D eigenvalue weighted by Crippen LogP contribution is 2.23. The monoisotopic (exact) mass is 371 g/mol. The number of rotatable bonds is 10. The summed E-state index contributed by atoms with van der Waals surface area (Å²) in [7, 11) is 1.58. The Morgan fingerprint density at radius 1 is 1.04 bits per heavy atom. The maximum absolute atomic E-state index is 12.2. The van der Waals surface area contributed by atoms with Crippen LogP contribution < -0.4 is 20.7 Å². The molecule has 7 nitrogen and oxygen atoms in total. The van der Waals surface area contributed by atoms with Gasteiger partial charge in [-0.1, -0.05) is 12.1 Å². The zero-order valence-electron chi connectivity index (χ0n) is 15.6. The summed E-state index contributed by atoms with van der Waals surface area (Å²) in [6, 6.07) is 14.2. The SMILES string of the molecule is CCOc1ccccc1NC(=O)CNc1ccc(C(=O)NCCOC)cc1. The number of carbonyl (C=O) groups is 2. The van der Waals surface area contributed by atoms with Crippen molar-refractivity contribution in [2.75, 3.05) is 44.0 Å². The topological polar surface area (TPSA) is 88.7 Å². The van der Waals surface area contributed by atoms with E-state index >= 15 is 0 Å². The molecule has 0 fully saturated rings. The number of ether oxygens (including phenoxy) is 2. The van der Waals surface area contributed by atoms with Crippen LogP contribution in [0.15, 0.2) is 48.5 Å². The zero-order valence-corrected chi connectivity index (χ0v) is 15.6. The number of methoxy groups -OCH3 is 1. The first-order valence-corrected chi connectivity index (χ1v) is 8.76. The molecule has 0 unspecified atom stereocenters. The van der Waals surface area contributed by atoms with E-state index < -0.39 is 0 Å². The Bertz CT molecular complexity index is 747. The van der Waals surface area contributed by atoms with Crippen molar-refractivity contribution in [3.63, 3.8) is 0 Å². The normalized spacial score (nSPS) is 10.1. The van der Waals surface area contributed by atoms with Crippen molar-refractivity contribution in [3.05, 3.63) is 54.1 Å². The Kier molecular flexibility index (Phi) is 8.12. The third kappa shape index (κ3) is 6.63. The van der Waals surface area contributed by atoms with Crippen molar-refractivity contribution in [2.24, 2.45) is 0 Å². The van der Waals surface area contributed by atoms with E-state index in [9.17, 15) is 9.59 Å². The lowest BCUT2D eigenvalue weighted by molar-refractivity contribution is -0.114. The van der Waals surface area contributed by atoms with Crippen molar-refractivity contribution in [3.8, 4) is 5.75 Å². The van der Waals surface area contributed by atoms with E-state index in [1.807, 2.05) is 25.1 Å². The van der Waals surface area contributed by atoms with Crippen molar-refractivity contribution >= 4 is 23.2 Å². The van der Waals surface area contributed by atoms with Gasteiger partial charge < -0.3 is 25.4 Å². The second-order valence-electron chi connectivity index (χ2n) is 5.66. The molecule has 2 aromatic carbocycles. The second kappa shape index (κ2) is 10.8. The first-order valence-electron chi connectivity index (χ1n) is 8.76. The molecule has 0 bridgehead atoms. The van der Waals surface area contributed by atoms with Crippen LogP contribution in [0.2, 0.25) is 0 Å². The van der Waals surface area contributed by atoms with E-state index in [-0.39, 0.29) is 18.4 Å². The summed E-state index contributed by atoms with van der Waals surface area (Å²) in [4.78, 5) is 24.1. The van der Waals surface area contributed by atoms with Crippen molar-refractivity contribution in [2.45, 2.75) is 6.92 Å². The predicted octanol–water partition coefficient (Wildman–Crippen LogP) is 2.51. The Morgan fingerprint density at radius 3 is 2.48 bits per heavy atom. The second-order valence-corrected chi connectivity index (χ2v) is 5.66. The van der Waals surface area contributed by atoms with Crippen LogP contribution in [0.3, 0.4) is 0 Å². The van der Waals surface area contributed by atoms with Crippen molar-refractivity contribution in [1.29, 1.82) is 0 Å². The lowest BCUT2D eigenvalue weighted by Gasteiger charge is -2.12. The first kappa shape index (κ1) is 20.3. The Balaban J connectivity index is 1.84. The fraction of sp³-hybridized carbons (Fsp3) is 0.300. The summed E-state index contributed by atoms with van der Waals surface area (Å²) in [6.45, 7) is 3.43. The highest BCUT2D eigenvalue weighted by atomic mass is 16.5. The van der Waals surface area contributed by atoms with E-state index in [4.69, 9.17) is 9.47 Å². The summed E-state index contributed by atoms with van der Waals surface area (Å²) < 4.78 is 10.4.